The number of nitrogens with one attached hydrogen (secondary N) is 1. The van der Waals surface area contributed by atoms with Gasteiger partial charge in [0.15, 0.2) is 6.29 Å². The summed E-state index contributed by atoms with van der Waals surface area (Å²) in [6.45, 7) is 14.8. The van der Waals surface area contributed by atoms with Gasteiger partial charge in [0, 0.05) is 93.2 Å². The van der Waals surface area contributed by atoms with Crippen LogP contribution >= 0.6 is 11.3 Å². The van der Waals surface area contributed by atoms with Gasteiger partial charge in [0.05, 0.1) is 83.4 Å². The van der Waals surface area contributed by atoms with Crippen LogP contribution in [-0.4, -0.2) is 134 Å². The maximum atomic E-state index is 14.8. The number of piperazine rings is 1. The van der Waals surface area contributed by atoms with Gasteiger partial charge >= 0.3 is 0 Å². The number of hydrogen-bond acceptors (Lipinski definition) is 13. The molecule has 4 aliphatic heterocycles. The van der Waals surface area contributed by atoms with Gasteiger partial charge in [-0.3, -0.25) is 19.6 Å². The van der Waals surface area contributed by atoms with Crippen molar-refractivity contribution in [2.75, 3.05) is 85.3 Å². The van der Waals surface area contributed by atoms with Gasteiger partial charge in [-0.2, -0.15) is 0 Å². The number of carbonyl (C=O) groups is 2. The Labute approximate surface area is 368 Å². The smallest absolute Gasteiger partial charge is 0.244 e. The predicted molar refractivity (Wildman–Crippen MR) is 239 cm³/mol. The number of hydrazine groups is 1. The van der Waals surface area contributed by atoms with Crippen LogP contribution < -0.4 is 10.3 Å². The monoisotopic (exact) mass is 869 g/mol. The highest BCUT2D eigenvalue weighted by Crippen LogP contribution is 2.59. The molecule has 1 aliphatic carbocycles. The van der Waals surface area contributed by atoms with Crippen molar-refractivity contribution < 1.29 is 33.6 Å². The standard InChI is InChI=1S/C47H63N7O7S/c1-8-53-38-12-11-30-18-32(38)34(41(53)33-19-31(23-48-40(33)29(2)59-7)52-16-14-51(5)15-17-52)20-45(3,4)25-61-43(56)36-10-9-13-54(50-36)44(57)47(22-39-49-37(30)24-62-39)21-35(47)42(55)46(26-58-6)27-60-28-46/h11-12,18-19,23-24,29,35-36,43,50,56H,8-10,13-17,20-22,25-28H2,1-7H3/t29-,35+,36-,43?,47?/m0/s1. The molecule has 1 saturated carbocycles. The number of carbonyl (C=O) groups excluding carboxylic acids is 2. The number of hydrogen-bond donors (Lipinski definition) is 2. The van der Waals surface area contributed by atoms with Gasteiger partial charge in [-0.05, 0) is 75.8 Å². The number of methoxy groups -OCH3 is 2. The summed E-state index contributed by atoms with van der Waals surface area (Å²) in [7, 11) is 5.51. The first-order valence-electron chi connectivity index (χ1n) is 22.4. The zero-order chi connectivity index (χ0) is 43.6. The minimum atomic E-state index is -1.16. The van der Waals surface area contributed by atoms with Crippen LogP contribution in [0.5, 0.6) is 0 Å². The van der Waals surface area contributed by atoms with Crippen molar-refractivity contribution in [3.8, 4) is 22.5 Å². The van der Waals surface area contributed by atoms with Crippen LogP contribution in [-0.2, 0) is 47.9 Å². The molecule has 3 aromatic heterocycles. The van der Waals surface area contributed by atoms with Crippen molar-refractivity contribution in [3.05, 3.63) is 52.1 Å². The molecule has 15 heteroatoms. The summed E-state index contributed by atoms with van der Waals surface area (Å²) in [5, 5.41) is 17.3. The molecule has 2 N–H and O–H groups in total. The van der Waals surface area contributed by atoms with Gasteiger partial charge < -0.3 is 38.4 Å². The molecule has 2 unspecified atom stereocenters. The van der Waals surface area contributed by atoms with Crippen molar-refractivity contribution >= 4 is 39.6 Å². The second-order valence-electron chi connectivity index (χ2n) is 19.3. The molecule has 62 heavy (non-hydrogen) atoms. The first-order chi connectivity index (χ1) is 29.8. The second-order valence-corrected chi connectivity index (χ2v) is 20.2. The molecule has 1 amide bonds. The Kier molecular flexibility index (Phi) is 11.9. The molecule has 1 spiro atoms. The number of aliphatic hydroxyl groups excluding tert-OH is 1. The van der Waals surface area contributed by atoms with Crippen LogP contribution in [0.1, 0.15) is 69.3 Å². The third kappa shape index (κ3) is 7.80. The number of amides is 1. The number of thiazole rings is 1. The highest BCUT2D eigenvalue weighted by atomic mass is 32.1. The van der Waals surface area contributed by atoms with Gasteiger partial charge in [-0.25, -0.2) is 10.4 Å². The van der Waals surface area contributed by atoms with E-state index in [-0.39, 0.29) is 31.0 Å². The molecule has 5 aliphatic rings. The molecule has 6 bridgehead atoms. The van der Waals surface area contributed by atoms with E-state index in [1.165, 1.54) is 16.9 Å². The third-order valence-corrected chi connectivity index (χ3v) is 15.0. The molecule has 4 fully saturated rings. The Morgan fingerprint density at radius 1 is 1.10 bits per heavy atom. The van der Waals surface area contributed by atoms with E-state index in [1.54, 1.807) is 19.2 Å². The summed E-state index contributed by atoms with van der Waals surface area (Å²) >= 11 is 1.54. The number of ether oxygens (including phenoxy) is 4. The average molecular weight is 870 g/mol. The van der Waals surface area contributed by atoms with E-state index in [9.17, 15) is 14.7 Å². The molecule has 1 aromatic carbocycles. The minimum absolute atomic E-state index is 0.0265. The molecule has 3 saturated heterocycles. The number of fused-ring (bicyclic) bond motifs is 6. The van der Waals surface area contributed by atoms with Crippen LogP contribution in [0, 0.1) is 22.2 Å². The molecule has 9 rings (SSSR count). The van der Waals surface area contributed by atoms with Crippen LogP contribution in [0.25, 0.3) is 33.4 Å². The van der Waals surface area contributed by atoms with Gasteiger partial charge in [-0.15, -0.1) is 11.3 Å². The number of nitrogens with zero attached hydrogens (tertiary/aromatic N) is 6. The Bertz CT molecular complexity index is 2320. The summed E-state index contributed by atoms with van der Waals surface area (Å²) in [5.41, 5.74) is 9.49. The van der Waals surface area contributed by atoms with Crippen molar-refractivity contribution in [3.63, 3.8) is 0 Å². The Hall–Kier alpha value is -3.80. The summed E-state index contributed by atoms with van der Waals surface area (Å²) < 4.78 is 25.9. The van der Waals surface area contributed by atoms with Gasteiger partial charge in [0.1, 0.15) is 5.78 Å². The Morgan fingerprint density at radius 2 is 1.89 bits per heavy atom. The lowest BCUT2D eigenvalue weighted by Crippen LogP contribution is -2.59. The Morgan fingerprint density at radius 3 is 2.60 bits per heavy atom. The SMILES string of the molecule is CCn1c(-c2cc(N3CCN(C)CC3)cnc2[C@H](C)OC)c2c3cc(ccc31)-c1csc(n1)CC1(C[C@@H]1C(=O)C1(COC)COC1)C(=O)N1CCC[C@H](N1)C(O)OCC(C)(C)C2. The lowest BCUT2D eigenvalue weighted by Gasteiger charge is -2.41. The van der Waals surface area contributed by atoms with E-state index in [1.807, 2.05) is 6.20 Å². The molecular weight excluding hydrogens is 807 g/mol. The number of rotatable bonds is 9. The summed E-state index contributed by atoms with van der Waals surface area (Å²) in [5.74, 6) is -0.595. The van der Waals surface area contributed by atoms with E-state index in [0.29, 0.717) is 51.9 Å². The number of anilines is 1. The first-order valence-corrected chi connectivity index (χ1v) is 23.2. The predicted octanol–water partition coefficient (Wildman–Crippen LogP) is 5.50. The van der Waals surface area contributed by atoms with Crippen LogP contribution in [0.3, 0.4) is 0 Å². The second kappa shape index (κ2) is 17.0. The molecule has 7 heterocycles. The molecule has 14 nitrogen and oxygen atoms in total. The number of pyridine rings is 1. The maximum absolute atomic E-state index is 14.8. The van der Waals surface area contributed by atoms with Crippen molar-refractivity contribution in [2.45, 2.75) is 84.8 Å². The number of benzene rings is 1. The van der Waals surface area contributed by atoms with Crippen LogP contribution in [0.4, 0.5) is 5.69 Å². The summed E-state index contributed by atoms with van der Waals surface area (Å²) in [6, 6.07) is 8.43. The fourth-order valence-corrected chi connectivity index (χ4v) is 11.3. The number of Topliss-reactive ketones (excluding diaryl/α,β-unsaturated/α-hetero) is 1. The number of aryl methyl sites for hydroxylation is 1. The molecule has 4 aromatic rings. The Balaban J connectivity index is 1.17. The number of aliphatic hydroxyl groups is 1. The van der Waals surface area contributed by atoms with E-state index < -0.39 is 34.5 Å². The fourth-order valence-electron chi connectivity index (χ4n) is 10.4. The number of likely N-dealkylation sites (N-methyl/N-ethyl adjacent to an activating group) is 1. The highest BCUT2D eigenvalue weighted by Gasteiger charge is 2.68. The first kappa shape index (κ1) is 43.5. The number of aromatic nitrogens is 3. The molecular formula is C47H63N7O7S. The van der Waals surface area contributed by atoms with Crippen molar-refractivity contribution in [1.29, 1.82) is 0 Å². The summed E-state index contributed by atoms with van der Waals surface area (Å²) in [6.07, 6.45) is 3.35. The number of ketones is 1. The molecule has 0 radical (unpaired) electrons. The maximum Gasteiger partial charge on any atom is 0.244 e. The van der Waals surface area contributed by atoms with Gasteiger partial charge in [0.25, 0.3) is 0 Å². The van der Waals surface area contributed by atoms with Gasteiger partial charge in [-0.1, -0.05) is 19.9 Å². The quantitative estimate of drug-likeness (QED) is 0.219. The van der Waals surface area contributed by atoms with E-state index >= 15 is 0 Å². The van der Waals surface area contributed by atoms with Crippen LogP contribution in [0.15, 0.2) is 35.8 Å². The lowest BCUT2D eigenvalue weighted by atomic mass is 9.77. The van der Waals surface area contributed by atoms with Crippen LogP contribution in [0.2, 0.25) is 0 Å². The molecule has 5 atom stereocenters. The fraction of sp³-hybridized carbons (Fsp3) is 0.617. The summed E-state index contributed by atoms with van der Waals surface area (Å²) in [4.78, 5) is 44.2. The lowest BCUT2D eigenvalue weighted by molar-refractivity contribution is -0.174. The topological polar surface area (TPSA) is 144 Å². The van der Waals surface area contributed by atoms with Gasteiger partial charge in [0.2, 0.25) is 5.91 Å². The zero-order valence-corrected chi connectivity index (χ0v) is 38.2. The van der Waals surface area contributed by atoms with E-state index in [4.69, 9.17) is 28.9 Å². The largest absolute Gasteiger partial charge is 0.383 e. The van der Waals surface area contributed by atoms with Crippen molar-refractivity contribution in [1.82, 2.24) is 29.9 Å². The van der Waals surface area contributed by atoms with E-state index in [0.717, 1.165) is 82.5 Å². The normalized spacial score (nSPS) is 27.0. The van der Waals surface area contributed by atoms with E-state index in [2.05, 4.69) is 84.2 Å². The third-order valence-electron chi connectivity index (χ3n) is 14.2. The zero-order valence-electron chi connectivity index (χ0n) is 37.4. The molecule has 334 valence electrons. The minimum Gasteiger partial charge on any atom is -0.383 e. The highest BCUT2D eigenvalue weighted by molar-refractivity contribution is 7.10. The van der Waals surface area contributed by atoms with Crippen molar-refractivity contribution in [2.24, 2.45) is 22.2 Å². The average Bonchev–Trinajstić information content (AvgIpc) is 3.66.